The van der Waals surface area contributed by atoms with Gasteiger partial charge in [0.25, 0.3) is 0 Å². The minimum absolute atomic E-state index is 0.936. The van der Waals surface area contributed by atoms with E-state index < -0.39 is 0 Å². The van der Waals surface area contributed by atoms with Gasteiger partial charge in [0.15, 0.2) is 0 Å². The molecule has 0 fully saturated rings. The van der Waals surface area contributed by atoms with E-state index in [2.05, 4.69) is 16.0 Å². The zero-order valence-electron chi connectivity index (χ0n) is 7.44. The van der Waals surface area contributed by atoms with Crippen molar-refractivity contribution < 1.29 is 0 Å². The van der Waals surface area contributed by atoms with Crippen LogP contribution in [-0.2, 0) is 0 Å². The summed E-state index contributed by atoms with van der Waals surface area (Å²) in [6.45, 7) is 0. The van der Waals surface area contributed by atoms with Gasteiger partial charge >= 0.3 is 0 Å². The van der Waals surface area contributed by atoms with Crippen LogP contribution in [0.5, 0.6) is 0 Å². The Morgan fingerprint density at radius 3 is 2.93 bits per heavy atom. The third-order valence-electron chi connectivity index (χ3n) is 2.30. The molecule has 3 aromatic rings. The Morgan fingerprint density at radius 1 is 1.00 bits per heavy atom. The van der Waals surface area contributed by atoms with Crippen LogP contribution in [0.1, 0.15) is 0 Å². The quantitative estimate of drug-likeness (QED) is 0.496. The highest BCUT2D eigenvalue weighted by atomic mass is 14.8. The van der Waals surface area contributed by atoms with Gasteiger partial charge in [-0.15, -0.1) is 0 Å². The van der Waals surface area contributed by atoms with E-state index >= 15 is 0 Å². The summed E-state index contributed by atoms with van der Waals surface area (Å²) in [5.74, 6) is 0. The molecule has 0 N–H and O–H groups in total. The Bertz CT molecular complexity index is 547. The van der Waals surface area contributed by atoms with Crippen LogP contribution in [0.4, 0.5) is 0 Å². The summed E-state index contributed by atoms with van der Waals surface area (Å²) < 4.78 is 0. The van der Waals surface area contributed by atoms with Gasteiger partial charge in [0.2, 0.25) is 0 Å². The maximum Gasteiger partial charge on any atom is 0.0965 e. The molecular weight excluding hydrogens is 172 g/mol. The fourth-order valence-corrected chi connectivity index (χ4v) is 1.64. The summed E-state index contributed by atoms with van der Waals surface area (Å²) in [5, 5.41) is 2.29. The number of rotatable bonds is 0. The van der Waals surface area contributed by atoms with Crippen molar-refractivity contribution in [2.24, 2.45) is 0 Å². The summed E-state index contributed by atoms with van der Waals surface area (Å²) in [6, 6.07) is 13.0. The largest absolute Gasteiger partial charge is 0.253 e. The molecule has 65 valence electrons. The van der Waals surface area contributed by atoms with Crippen molar-refractivity contribution in [2.75, 3.05) is 0 Å². The first-order valence-electron chi connectivity index (χ1n) is 4.45. The monoisotopic (exact) mass is 179 g/mol. The van der Waals surface area contributed by atoms with Crippen molar-refractivity contribution in [3.8, 4) is 0 Å². The standard InChI is InChI=1S/C12H7N2/c1-2-4-10-9(3-1)5-6-11-12(10)14-8-7-13-11/h2-8H. The molecule has 1 radical (unpaired) electrons. The molecule has 0 atom stereocenters. The lowest BCUT2D eigenvalue weighted by Gasteiger charge is -2.00. The zero-order valence-corrected chi connectivity index (χ0v) is 7.44. The Balaban J connectivity index is 2.61. The van der Waals surface area contributed by atoms with Gasteiger partial charge in [-0.25, -0.2) is 0 Å². The molecule has 0 aliphatic carbocycles. The second kappa shape index (κ2) is 2.77. The summed E-state index contributed by atoms with van der Waals surface area (Å²) in [5.41, 5.74) is 1.89. The molecule has 14 heavy (non-hydrogen) atoms. The second-order valence-corrected chi connectivity index (χ2v) is 3.14. The Hall–Kier alpha value is -1.96. The molecule has 2 heteroatoms. The minimum atomic E-state index is 0.936. The molecule has 0 spiro atoms. The van der Waals surface area contributed by atoms with Crippen molar-refractivity contribution >= 4 is 21.8 Å². The number of hydrogen-bond acceptors (Lipinski definition) is 2. The molecule has 0 saturated carbocycles. The van der Waals surface area contributed by atoms with Gasteiger partial charge in [-0.1, -0.05) is 18.2 Å². The third-order valence-corrected chi connectivity index (χ3v) is 2.30. The van der Waals surface area contributed by atoms with E-state index in [1.807, 2.05) is 30.3 Å². The van der Waals surface area contributed by atoms with Gasteiger partial charge < -0.3 is 0 Å². The summed E-state index contributed by atoms with van der Waals surface area (Å²) >= 11 is 0. The van der Waals surface area contributed by atoms with Crippen molar-refractivity contribution in [1.82, 2.24) is 9.97 Å². The Kier molecular flexibility index (Phi) is 1.47. The van der Waals surface area contributed by atoms with Crippen LogP contribution in [0.25, 0.3) is 21.8 Å². The van der Waals surface area contributed by atoms with Crippen LogP contribution < -0.4 is 0 Å². The molecule has 0 aliphatic heterocycles. The first-order chi connectivity index (χ1) is 6.95. The predicted molar refractivity (Wildman–Crippen MR) is 55.9 cm³/mol. The number of nitrogens with zero attached hydrogens (tertiary/aromatic N) is 2. The van der Waals surface area contributed by atoms with Crippen LogP contribution >= 0.6 is 0 Å². The maximum atomic E-state index is 4.33. The van der Waals surface area contributed by atoms with Crippen molar-refractivity contribution in [2.45, 2.75) is 0 Å². The lowest BCUT2D eigenvalue weighted by atomic mass is 10.1. The average molecular weight is 179 g/mol. The van der Waals surface area contributed by atoms with Crippen molar-refractivity contribution in [3.05, 3.63) is 48.8 Å². The normalized spacial score (nSPS) is 10.9. The lowest BCUT2D eigenvalue weighted by molar-refractivity contribution is 1.30. The van der Waals surface area contributed by atoms with Gasteiger partial charge in [-0.2, -0.15) is 0 Å². The van der Waals surface area contributed by atoms with E-state index in [0.717, 1.165) is 21.8 Å². The SMILES string of the molecule is [c]1ccc2c(c1)ccc1nccnc12. The lowest BCUT2D eigenvalue weighted by Crippen LogP contribution is -1.83. The van der Waals surface area contributed by atoms with Gasteiger partial charge in [0, 0.05) is 17.8 Å². The van der Waals surface area contributed by atoms with Gasteiger partial charge in [-0.3, -0.25) is 9.97 Å². The van der Waals surface area contributed by atoms with Gasteiger partial charge in [0.1, 0.15) is 0 Å². The van der Waals surface area contributed by atoms with E-state index in [9.17, 15) is 0 Å². The zero-order chi connectivity index (χ0) is 9.38. The fourth-order valence-electron chi connectivity index (χ4n) is 1.64. The summed E-state index contributed by atoms with van der Waals surface area (Å²) in [4.78, 5) is 8.59. The molecular formula is C12H7N2. The number of benzene rings is 2. The highest BCUT2D eigenvalue weighted by Gasteiger charge is 1.99. The van der Waals surface area contributed by atoms with E-state index in [-0.39, 0.29) is 0 Å². The van der Waals surface area contributed by atoms with E-state index in [4.69, 9.17) is 0 Å². The highest BCUT2D eigenvalue weighted by molar-refractivity contribution is 6.03. The Morgan fingerprint density at radius 2 is 1.93 bits per heavy atom. The first kappa shape index (κ1) is 7.44. The highest BCUT2D eigenvalue weighted by Crippen LogP contribution is 2.20. The van der Waals surface area contributed by atoms with E-state index in [1.165, 1.54) is 0 Å². The van der Waals surface area contributed by atoms with Crippen LogP contribution in [0, 0.1) is 6.07 Å². The molecule has 0 unspecified atom stereocenters. The van der Waals surface area contributed by atoms with Crippen molar-refractivity contribution in [3.63, 3.8) is 0 Å². The van der Waals surface area contributed by atoms with Crippen LogP contribution in [-0.4, -0.2) is 9.97 Å². The molecule has 2 nitrogen and oxygen atoms in total. The smallest absolute Gasteiger partial charge is 0.0965 e. The van der Waals surface area contributed by atoms with Crippen LogP contribution in [0.3, 0.4) is 0 Å². The Labute approximate surface area is 81.2 Å². The minimum Gasteiger partial charge on any atom is -0.253 e. The first-order valence-corrected chi connectivity index (χ1v) is 4.45. The molecule has 2 aromatic carbocycles. The average Bonchev–Trinajstić information content (AvgIpc) is 2.29. The molecule has 0 aliphatic rings. The van der Waals surface area contributed by atoms with Crippen LogP contribution in [0.15, 0.2) is 42.7 Å². The molecule has 3 rings (SSSR count). The predicted octanol–water partition coefficient (Wildman–Crippen LogP) is 2.58. The molecule has 0 bridgehead atoms. The topological polar surface area (TPSA) is 25.8 Å². The van der Waals surface area contributed by atoms with Gasteiger partial charge in [-0.05, 0) is 23.6 Å². The number of hydrogen-bond donors (Lipinski definition) is 0. The fraction of sp³-hybridized carbons (Fsp3) is 0. The number of aromatic nitrogens is 2. The van der Waals surface area contributed by atoms with E-state index in [0.29, 0.717) is 0 Å². The maximum absolute atomic E-state index is 4.33. The summed E-state index contributed by atoms with van der Waals surface area (Å²) in [7, 11) is 0. The summed E-state index contributed by atoms with van der Waals surface area (Å²) in [6.07, 6.45) is 3.43. The molecule has 0 amide bonds. The van der Waals surface area contributed by atoms with Crippen molar-refractivity contribution in [1.29, 1.82) is 0 Å². The van der Waals surface area contributed by atoms with Gasteiger partial charge in [0.05, 0.1) is 11.0 Å². The van der Waals surface area contributed by atoms with E-state index in [1.54, 1.807) is 12.4 Å². The second-order valence-electron chi connectivity index (χ2n) is 3.14. The third kappa shape index (κ3) is 0.973. The molecule has 1 heterocycles. The molecule has 0 saturated heterocycles. The number of fused-ring (bicyclic) bond motifs is 3. The van der Waals surface area contributed by atoms with Crippen LogP contribution in [0.2, 0.25) is 0 Å². The molecule has 1 aromatic heterocycles.